The van der Waals surface area contributed by atoms with Crippen LogP contribution in [-0.2, 0) is 96.9 Å². The number of carbonyl (C=O) groups is 9. The fourth-order valence-electron chi connectivity index (χ4n) is 7.04. The number of benzene rings is 2. The molecular formula is C46H54O23. The highest BCUT2D eigenvalue weighted by atomic mass is 16.8. The van der Waals surface area contributed by atoms with E-state index < -0.39 is 122 Å². The largest absolute Gasteiger partial charge is 0.493 e. The van der Waals surface area contributed by atoms with Gasteiger partial charge in [0.2, 0.25) is 0 Å². The van der Waals surface area contributed by atoms with Gasteiger partial charge in [0, 0.05) is 61.5 Å². The number of ether oxygens (including phenoxy) is 14. The van der Waals surface area contributed by atoms with Gasteiger partial charge in [-0.2, -0.15) is 0 Å². The molecule has 69 heavy (non-hydrogen) atoms. The summed E-state index contributed by atoms with van der Waals surface area (Å²) in [5.74, 6) is -7.24. The first-order valence-electron chi connectivity index (χ1n) is 21.2. The average Bonchev–Trinajstić information content (AvgIpc) is 3.23. The van der Waals surface area contributed by atoms with Gasteiger partial charge in [-0.15, -0.1) is 0 Å². The van der Waals surface area contributed by atoms with Crippen LogP contribution >= 0.6 is 0 Å². The van der Waals surface area contributed by atoms with Crippen LogP contribution in [0.1, 0.15) is 73.4 Å². The van der Waals surface area contributed by atoms with Crippen molar-refractivity contribution in [1.29, 1.82) is 0 Å². The lowest BCUT2D eigenvalue weighted by atomic mass is 9.96. The van der Waals surface area contributed by atoms with Gasteiger partial charge in [0.1, 0.15) is 18.8 Å². The molecule has 0 radical (unpaired) electrons. The van der Waals surface area contributed by atoms with Crippen LogP contribution in [0.5, 0.6) is 23.0 Å². The van der Waals surface area contributed by atoms with Crippen LogP contribution in [0.2, 0.25) is 0 Å². The van der Waals surface area contributed by atoms with Gasteiger partial charge in [0.15, 0.2) is 66.1 Å². The molecule has 10 atom stereocenters. The van der Waals surface area contributed by atoms with Crippen LogP contribution in [-0.4, -0.2) is 135 Å². The molecule has 2 aliphatic rings. The summed E-state index contributed by atoms with van der Waals surface area (Å²) in [4.78, 5) is 112. The maximum atomic E-state index is 13.8. The molecule has 0 aliphatic carbocycles. The summed E-state index contributed by atoms with van der Waals surface area (Å²) in [5.41, 5.74) is 0.836. The summed E-state index contributed by atoms with van der Waals surface area (Å²) in [6.45, 7) is 9.40. The highest BCUT2D eigenvalue weighted by Crippen LogP contribution is 2.36. The summed E-state index contributed by atoms with van der Waals surface area (Å²) in [6.07, 6.45) is -13.5. The third kappa shape index (κ3) is 16.7. The van der Waals surface area contributed by atoms with E-state index in [1.54, 1.807) is 6.07 Å². The van der Waals surface area contributed by atoms with Gasteiger partial charge < -0.3 is 66.3 Å². The number of hydrogen-bond acceptors (Lipinski definition) is 23. The standard InChI is InChI=1S/C46H54O23/c1-22-39(63-27(6)51)41(64-28(7)52)44(66-30(9)54)46(59-22)69-42-40(68-38(55)16-13-31-11-14-33(56-10)35(19-31)61-25(4)49)37(21-58-23(2)47)67-45(43(42)65-29(8)53)57-18-17-32-12-15-34(60-24(3)48)36(20-32)62-26(5)50/h11-16,19-20,22,37,39-46H,17-18,21H2,1-10H3/b16-13+/t22-,37+,39-,40+,41+,42-,43+,44+,45+,46-/m0/s1. The first kappa shape index (κ1) is 54.7. The first-order valence-corrected chi connectivity index (χ1v) is 21.2. The van der Waals surface area contributed by atoms with E-state index in [4.69, 9.17) is 66.3 Å². The first-order chi connectivity index (χ1) is 32.5. The minimum absolute atomic E-state index is 0.0335. The van der Waals surface area contributed by atoms with E-state index in [-0.39, 0.29) is 36.0 Å². The smallest absolute Gasteiger partial charge is 0.331 e. The molecule has 0 amide bonds. The van der Waals surface area contributed by atoms with Crippen LogP contribution in [0.25, 0.3) is 6.08 Å². The number of methoxy groups -OCH3 is 1. The Bertz CT molecular complexity index is 2250. The molecule has 2 heterocycles. The zero-order valence-corrected chi connectivity index (χ0v) is 39.4. The molecule has 0 unspecified atom stereocenters. The average molecular weight is 975 g/mol. The molecule has 0 spiro atoms. The zero-order chi connectivity index (χ0) is 51.1. The molecule has 2 aromatic rings. The molecule has 0 bridgehead atoms. The fraction of sp³-hybridized carbons (Fsp3) is 0.500. The zero-order valence-electron chi connectivity index (χ0n) is 39.4. The van der Waals surface area contributed by atoms with Crippen molar-refractivity contribution < 1.29 is 109 Å². The lowest BCUT2D eigenvalue weighted by Gasteiger charge is -2.48. The summed E-state index contributed by atoms with van der Waals surface area (Å²) >= 11 is 0. The molecule has 23 nitrogen and oxygen atoms in total. The van der Waals surface area contributed by atoms with Gasteiger partial charge in [0.05, 0.1) is 19.8 Å². The van der Waals surface area contributed by atoms with Crippen molar-refractivity contribution in [1.82, 2.24) is 0 Å². The predicted octanol–water partition coefficient (Wildman–Crippen LogP) is 2.80. The van der Waals surface area contributed by atoms with Gasteiger partial charge in [0.25, 0.3) is 0 Å². The molecule has 2 saturated heterocycles. The van der Waals surface area contributed by atoms with Crippen molar-refractivity contribution >= 4 is 59.8 Å². The molecule has 0 N–H and O–H groups in total. The van der Waals surface area contributed by atoms with E-state index in [9.17, 15) is 43.2 Å². The molecule has 2 aliphatic heterocycles. The normalized spacial score (nSPS) is 24.1. The fourth-order valence-corrected chi connectivity index (χ4v) is 7.04. The second-order valence-corrected chi connectivity index (χ2v) is 15.3. The second kappa shape index (κ2) is 25.4. The highest BCUT2D eigenvalue weighted by molar-refractivity contribution is 5.87. The van der Waals surface area contributed by atoms with Crippen molar-refractivity contribution in [3.63, 3.8) is 0 Å². The van der Waals surface area contributed by atoms with E-state index in [1.807, 2.05) is 0 Å². The summed E-state index contributed by atoms with van der Waals surface area (Å²) in [6, 6.07) is 8.81. The number of hydrogen-bond donors (Lipinski definition) is 0. The van der Waals surface area contributed by atoms with Gasteiger partial charge in [-0.05, 0) is 54.8 Å². The molecule has 4 rings (SSSR count). The van der Waals surface area contributed by atoms with Crippen molar-refractivity contribution in [2.24, 2.45) is 0 Å². The van der Waals surface area contributed by atoms with Crippen molar-refractivity contribution in [2.75, 3.05) is 20.3 Å². The van der Waals surface area contributed by atoms with Gasteiger partial charge >= 0.3 is 53.7 Å². The SMILES string of the molecule is COc1ccc(/C=C/C(=O)O[C@H]2[C@H](O[C@@H]3O[C@@H](C)[C@H](OC(C)=O)[C@@H](OC(C)=O)[C@H]3OC(C)=O)[C@@H](OC(C)=O)[C@H](OCCc3ccc(OC(C)=O)c(OC(C)=O)c3)O[C@@H]2COC(C)=O)cc1OC(C)=O. The lowest BCUT2D eigenvalue weighted by molar-refractivity contribution is -0.359. The third-order valence-electron chi connectivity index (χ3n) is 9.56. The molecule has 2 aromatic carbocycles. The Morgan fingerprint density at radius 2 is 1.07 bits per heavy atom. The number of carbonyl (C=O) groups excluding carboxylic acids is 9. The summed E-state index contributed by atoms with van der Waals surface area (Å²) in [7, 11) is 1.36. The quantitative estimate of drug-likeness (QED) is 0.0846. The van der Waals surface area contributed by atoms with E-state index in [0.29, 0.717) is 11.1 Å². The third-order valence-corrected chi connectivity index (χ3v) is 9.56. The molecule has 376 valence electrons. The van der Waals surface area contributed by atoms with Crippen molar-refractivity contribution in [3.8, 4) is 23.0 Å². The van der Waals surface area contributed by atoms with E-state index >= 15 is 0 Å². The molecule has 0 saturated carbocycles. The molecule has 0 aromatic heterocycles. The lowest BCUT2D eigenvalue weighted by Crippen LogP contribution is -2.66. The minimum atomic E-state index is -1.79. The predicted molar refractivity (Wildman–Crippen MR) is 229 cm³/mol. The van der Waals surface area contributed by atoms with Crippen LogP contribution in [0, 0.1) is 0 Å². The van der Waals surface area contributed by atoms with E-state index in [1.165, 1.54) is 64.3 Å². The Kier molecular flexibility index (Phi) is 20.1. The Morgan fingerprint density at radius 3 is 1.64 bits per heavy atom. The second-order valence-electron chi connectivity index (χ2n) is 15.3. The topological polar surface area (TPSA) is 283 Å². The van der Waals surface area contributed by atoms with Crippen molar-refractivity contribution in [2.45, 2.75) is 130 Å². The highest BCUT2D eigenvalue weighted by Gasteiger charge is 2.57. The van der Waals surface area contributed by atoms with Crippen LogP contribution in [0.4, 0.5) is 0 Å². The Balaban J connectivity index is 1.82. The van der Waals surface area contributed by atoms with Gasteiger partial charge in [-0.1, -0.05) is 12.1 Å². The molecule has 23 heteroatoms. The number of esters is 9. The Morgan fingerprint density at radius 1 is 0.536 bits per heavy atom. The van der Waals surface area contributed by atoms with Gasteiger partial charge in [-0.3, -0.25) is 38.4 Å². The van der Waals surface area contributed by atoms with Gasteiger partial charge in [-0.25, -0.2) is 4.79 Å². The summed E-state index contributed by atoms with van der Waals surface area (Å²) in [5, 5.41) is 0. The van der Waals surface area contributed by atoms with E-state index in [0.717, 1.165) is 47.6 Å². The minimum Gasteiger partial charge on any atom is -0.493 e. The van der Waals surface area contributed by atoms with Crippen LogP contribution in [0.15, 0.2) is 42.5 Å². The van der Waals surface area contributed by atoms with Crippen LogP contribution in [0.3, 0.4) is 0 Å². The number of rotatable bonds is 19. The Labute approximate surface area is 395 Å². The monoisotopic (exact) mass is 974 g/mol. The Hall–Kier alpha value is -6.95. The van der Waals surface area contributed by atoms with E-state index in [2.05, 4.69) is 0 Å². The molecular weight excluding hydrogens is 920 g/mol. The maximum Gasteiger partial charge on any atom is 0.331 e. The molecule has 2 fully saturated rings. The summed E-state index contributed by atoms with van der Waals surface area (Å²) < 4.78 is 79.5. The van der Waals surface area contributed by atoms with Crippen LogP contribution < -0.4 is 18.9 Å². The van der Waals surface area contributed by atoms with Crippen molar-refractivity contribution in [3.05, 3.63) is 53.6 Å². The maximum absolute atomic E-state index is 13.8.